The van der Waals surface area contributed by atoms with Crippen LogP contribution in [-0.2, 0) is 11.2 Å². The van der Waals surface area contributed by atoms with Crippen molar-refractivity contribution in [2.75, 3.05) is 0 Å². The summed E-state index contributed by atoms with van der Waals surface area (Å²) in [5.74, 6) is -0.0892. The Balaban J connectivity index is 1.73. The molecule has 3 amide bonds. The van der Waals surface area contributed by atoms with Crippen molar-refractivity contribution in [2.45, 2.75) is 44.7 Å². The predicted molar refractivity (Wildman–Crippen MR) is 102 cm³/mol. The minimum absolute atomic E-state index is 0.0264. The van der Waals surface area contributed by atoms with E-state index >= 15 is 0 Å². The van der Waals surface area contributed by atoms with Crippen LogP contribution >= 0.6 is 0 Å². The fraction of sp³-hybridized carbons (Fsp3) is 0.333. The summed E-state index contributed by atoms with van der Waals surface area (Å²) in [5.41, 5.74) is 9.74. The minimum Gasteiger partial charge on any atom is -0.352 e. The van der Waals surface area contributed by atoms with Crippen molar-refractivity contribution in [1.29, 1.82) is 0 Å². The van der Waals surface area contributed by atoms with E-state index < -0.39 is 12.1 Å². The van der Waals surface area contributed by atoms with Gasteiger partial charge in [-0.05, 0) is 48.4 Å². The maximum Gasteiger partial charge on any atom is 0.312 e. The Bertz CT molecular complexity index is 803. The van der Waals surface area contributed by atoms with Gasteiger partial charge in [0.2, 0.25) is 5.91 Å². The highest BCUT2D eigenvalue weighted by molar-refractivity contribution is 5.79. The maximum absolute atomic E-state index is 12.7. The summed E-state index contributed by atoms with van der Waals surface area (Å²) in [6, 6.07) is 14.9. The first kappa shape index (κ1) is 18.0. The molecule has 0 saturated carbocycles. The Hall–Kier alpha value is -2.82. The number of nitrogens with two attached hydrogens (primary N) is 1. The van der Waals surface area contributed by atoms with Gasteiger partial charge in [-0.2, -0.15) is 0 Å². The first-order valence-electron chi connectivity index (χ1n) is 9.03. The molecule has 2 atom stereocenters. The van der Waals surface area contributed by atoms with Crippen molar-refractivity contribution in [3.05, 3.63) is 70.8 Å². The van der Waals surface area contributed by atoms with Crippen molar-refractivity contribution >= 4 is 11.9 Å². The SMILES string of the molecule is Cc1ccccc1C(CC(=O)NC1CCCc2ccccc21)NC(N)=O. The lowest BCUT2D eigenvalue weighted by atomic mass is 9.87. The number of amides is 3. The molecular weight excluding hydrogens is 326 g/mol. The molecule has 0 heterocycles. The van der Waals surface area contributed by atoms with Crippen LogP contribution in [0.5, 0.6) is 0 Å². The number of rotatable bonds is 5. The number of benzene rings is 2. The number of hydrogen-bond acceptors (Lipinski definition) is 2. The molecule has 0 radical (unpaired) electrons. The van der Waals surface area contributed by atoms with Crippen LogP contribution in [0.25, 0.3) is 0 Å². The molecule has 5 nitrogen and oxygen atoms in total. The summed E-state index contributed by atoms with van der Waals surface area (Å²) < 4.78 is 0. The molecule has 0 fully saturated rings. The van der Waals surface area contributed by atoms with E-state index in [1.807, 2.05) is 43.3 Å². The first-order valence-corrected chi connectivity index (χ1v) is 9.03. The number of nitrogens with one attached hydrogen (secondary N) is 2. The monoisotopic (exact) mass is 351 g/mol. The van der Waals surface area contributed by atoms with Crippen LogP contribution in [0.1, 0.15) is 53.6 Å². The number of hydrogen-bond donors (Lipinski definition) is 3. The topological polar surface area (TPSA) is 84.2 Å². The number of fused-ring (bicyclic) bond motifs is 1. The number of carbonyl (C=O) groups excluding carboxylic acids is 2. The van der Waals surface area contributed by atoms with Gasteiger partial charge < -0.3 is 16.4 Å². The minimum atomic E-state index is -0.630. The van der Waals surface area contributed by atoms with Crippen LogP contribution < -0.4 is 16.4 Å². The lowest BCUT2D eigenvalue weighted by molar-refractivity contribution is -0.122. The zero-order valence-electron chi connectivity index (χ0n) is 15.0. The summed E-state index contributed by atoms with van der Waals surface area (Å²) in [7, 11) is 0. The van der Waals surface area contributed by atoms with Gasteiger partial charge in [0.15, 0.2) is 0 Å². The molecule has 136 valence electrons. The molecule has 0 aliphatic heterocycles. The van der Waals surface area contributed by atoms with Gasteiger partial charge in [0.05, 0.1) is 18.5 Å². The highest BCUT2D eigenvalue weighted by Crippen LogP contribution is 2.30. The number of carbonyl (C=O) groups is 2. The van der Waals surface area contributed by atoms with E-state index in [9.17, 15) is 9.59 Å². The average molecular weight is 351 g/mol. The second-order valence-corrected chi connectivity index (χ2v) is 6.83. The Morgan fingerprint density at radius 3 is 2.65 bits per heavy atom. The summed E-state index contributed by atoms with van der Waals surface area (Å²) in [6.07, 6.45) is 3.20. The largest absolute Gasteiger partial charge is 0.352 e. The average Bonchev–Trinajstić information content (AvgIpc) is 2.61. The summed E-state index contributed by atoms with van der Waals surface area (Å²) >= 11 is 0. The smallest absolute Gasteiger partial charge is 0.312 e. The van der Waals surface area contributed by atoms with Gasteiger partial charge in [-0.3, -0.25) is 4.79 Å². The molecule has 5 heteroatoms. The molecule has 2 aromatic carbocycles. The van der Waals surface area contributed by atoms with Crippen molar-refractivity contribution in [1.82, 2.24) is 10.6 Å². The third kappa shape index (κ3) is 4.23. The van der Waals surface area contributed by atoms with Gasteiger partial charge in [-0.1, -0.05) is 48.5 Å². The predicted octanol–water partition coefficient (Wildman–Crippen LogP) is 3.29. The Labute approximate surface area is 154 Å². The fourth-order valence-electron chi connectivity index (χ4n) is 3.73. The molecule has 0 saturated heterocycles. The second-order valence-electron chi connectivity index (χ2n) is 6.83. The lowest BCUT2D eigenvalue weighted by Gasteiger charge is -2.27. The number of urea groups is 1. The molecular formula is C21H25N3O2. The summed E-state index contributed by atoms with van der Waals surface area (Å²) in [5, 5.41) is 5.84. The second kappa shape index (κ2) is 8.04. The van der Waals surface area contributed by atoms with Gasteiger partial charge >= 0.3 is 6.03 Å². The van der Waals surface area contributed by atoms with Crippen LogP contribution in [0.3, 0.4) is 0 Å². The molecule has 2 unspecified atom stereocenters. The summed E-state index contributed by atoms with van der Waals surface area (Å²) in [4.78, 5) is 24.1. The van der Waals surface area contributed by atoms with E-state index in [2.05, 4.69) is 22.8 Å². The van der Waals surface area contributed by atoms with Crippen molar-refractivity contribution in [3.63, 3.8) is 0 Å². The van der Waals surface area contributed by atoms with E-state index in [1.54, 1.807) is 0 Å². The normalized spacial score (nSPS) is 17.0. The fourth-order valence-corrected chi connectivity index (χ4v) is 3.73. The summed E-state index contributed by atoms with van der Waals surface area (Å²) in [6.45, 7) is 1.96. The van der Waals surface area contributed by atoms with E-state index in [1.165, 1.54) is 11.1 Å². The Morgan fingerprint density at radius 1 is 1.15 bits per heavy atom. The Kier molecular flexibility index (Phi) is 5.56. The van der Waals surface area contributed by atoms with Crippen LogP contribution in [0.15, 0.2) is 48.5 Å². The third-order valence-corrected chi connectivity index (χ3v) is 4.97. The van der Waals surface area contributed by atoms with Crippen LogP contribution in [0, 0.1) is 6.92 Å². The number of aryl methyl sites for hydroxylation is 2. The van der Waals surface area contributed by atoms with Crippen molar-refractivity contribution < 1.29 is 9.59 Å². The van der Waals surface area contributed by atoms with E-state index in [0.717, 1.165) is 30.4 Å². The van der Waals surface area contributed by atoms with E-state index in [-0.39, 0.29) is 18.4 Å². The number of primary amides is 1. The lowest BCUT2D eigenvalue weighted by Crippen LogP contribution is -2.38. The zero-order valence-corrected chi connectivity index (χ0v) is 15.0. The standard InChI is InChI=1S/C21H25N3O2/c1-14-7-2-4-10-16(14)19(24-21(22)26)13-20(25)23-18-12-6-9-15-8-3-5-11-17(15)18/h2-5,7-8,10-11,18-19H,6,9,12-13H2,1H3,(H,23,25)(H3,22,24,26). The maximum atomic E-state index is 12.7. The molecule has 4 N–H and O–H groups in total. The first-order chi connectivity index (χ1) is 12.5. The quantitative estimate of drug-likeness (QED) is 0.772. The van der Waals surface area contributed by atoms with Crippen LogP contribution in [-0.4, -0.2) is 11.9 Å². The van der Waals surface area contributed by atoms with Crippen LogP contribution in [0.4, 0.5) is 4.79 Å². The van der Waals surface area contributed by atoms with E-state index in [4.69, 9.17) is 5.73 Å². The van der Waals surface area contributed by atoms with Gasteiger partial charge in [0, 0.05) is 0 Å². The molecule has 3 rings (SSSR count). The molecule has 2 aromatic rings. The zero-order chi connectivity index (χ0) is 18.5. The van der Waals surface area contributed by atoms with E-state index in [0.29, 0.717) is 0 Å². The molecule has 1 aliphatic carbocycles. The van der Waals surface area contributed by atoms with Gasteiger partial charge in [-0.25, -0.2) is 4.79 Å². The van der Waals surface area contributed by atoms with Gasteiger partial charge in [0.1, 0.15) is 0 Å². The van der Waals surface area contributed by atoms with Gasteiger partial charge in [-0.15, -0.1) is 0 Å². The molecule has 0 spiro atoms. The van der Waals surface area contributed by atoms with Gasteiger partial charge in [0.25, 0.3) is 0 Å². The highest BCUT2D eigenvalue weighted by Gasteiger charge is 2.24. The van der Waals surface area contributed by atoms with Crippen LogP contribution in [0.2, 0.25) is 0 Å². The molecule has 0 aromatic heterocycles. The van der Waals surface area contributed by atoms with Crippen molar-refractivity contribution in [3.8, 4) is 0 Å². The molecule has 0 bridgehead atoms. The Morgan fingerprint density at radius 2 is 1.88 bits per heavy atom. The van der Waals surface area contributed by atoms with Crippen molar-refractivity contribution in [2.24, 2.45) is 5.73 Å². The third-order valence-electron chi connectivity index (χ3n) is 4.97. The molecule has 26 heavy (non-hydrogen) atoms. The molecule has 1 aliphatic rings. The highest BCUT2D eigenvalue weighted by atomic mass is 16.2.